The number of benzene rings is 2. The van der Waals surface area contributed by atoms with Crippen LogP contribution in [0.15, 0.2) is 56.8 Å². The maximum atomic E-state index is 14.4. The summed E-state index contributed by atoms with van der Waals surface area (Å²) in [6, 6.07) is 9.76. The van der Waals surface area contributed by atoms with Gasteiger partial charge >= 0.3 is 0 Å². The lowest BCUT2D eigenvalue weighted by atomic mass is 10.0. The number of nitrogens with zero attached hydrogens (tertiary/aromatic N) is 3. The molecule has 0 unspecified atom stereocenters. The summed E-state index contributed by atoms with van der Waals surface area (Å²) in [5.41, 5.74) is 0.498. The van der Waals surface area contributed by atoms with Gasteiger partial charge in [0.1, 0.15) is 22.1 Å². The highest BCUT2D eigenvalue weighted by Gasteiger charge is 2.34. The van der Waals surface area contributed by atoms with Gasteiger partial charge in [0.25, 0.3) is 15.9 Å². The molecular formula is C34H48N4O10S2. The van der Waals surface area contributed by atoms with Crippen molar-refractivity contribution in [1.82, 2.24) is 14.4 Å². The maximum absolute atomic E-state index is 14.4. The number of rotatable bonds is 10. The van der Waals surface area contributed by atoms with Crippen LogP contribution < -0.4 is 14.2 Å². The topological polar surface area (TPSA) is 178 Å². The lowest BCUT2D eigenvalue weighted by Crippen LogP contribution is -2.48. The molecule has 1 aliphatic heterocycles. The molecule has 0 radical (unpaired) electrons. The number of aryl methyl sites for hydroxylation is 2. The first kappa shape index (κ1) is 39.1. The minimum atomic E-state index is -4.03. The van der Waals surface area contributed by atoms with Crippen molar-refractivity contribution in [3.05, 3.63) is 59.5 Å². The zero-order valence-electron chi connectivity index (χ0n) is 29.6. The van der Waals surface area contributed by atoms with Crippen molar-refractivity contribution in [2.45, 2.75) is 81.9 Å². The van der Waals surface area contributed by atoms with E-state index < -0.39 is 44.0 Å². The van der Waals surface area contributed by atoms with Crippen LogP contribution in [0.3, 0.4) is 0 Å². The van der Waals surface area contributed by atoms with Gasteiger partial charge in [-0.2, -0.15) is 4.31 Å². The fraction of sp³-hybridized carbons (Fsp3) is 0.529. The van der Waals surface area contributed by atoms with Gasteiger partial charge in [0.2, 0.25) is 10.0 Å². The zero-order valence-corrected chi connectivity index (χ0v) is 31.2. The lowest BCUT2D eigenvalue weighted by molar-refractivity contribution is -0.00835. The molecule has 2 aromatic carbocycles. The van der Waals surface area contributed by atoms with Crippen LogP contribution in [0.2, 0.25) is 0 Å². The molecule has 16 heteroatoms. The first-order chi connectivity index (χ1) is 23.6. The highest BCUT2D eigenvalue weighted by Crippen LogP contribution is 2.30. The van der Waals surface area contributed by atoms with E-state index in [4.69, 9.17) is 18.7 Å². The Morgan fingerprint density at radius 3 is 2.42 bits per heavy atom. The van der Waals surface area contributed by atoms with Gasteiger partial charge in [0.05, 0.1) is 42.4 Å². The van der Waals surface area contributed by atoms with Gasteiger partial charge in [0.15, 0.2) is 5.76 Å². The molecule has 1 aromatic heterocycles. The lowest BCUT2D eigenvalue weighted by Gasteiger charge is -2.35. The average Bonchev–Trinajstić information content (AvgIpc) is 3.43. The number of amides is 1. The van der Waals surface area contributed by atoms with Crippen LogP contribution >= 0.6 is 0 Å². The molecule has 0 aliphatic carbocycles. The molecule has 4 atom stereocenters. The van der Waals surface area contributed by atoms with E-state index in [1.165, 1.54) is 59.8 Å². The Morgan fingerprint density at radius 2 is 1.80 bits per heavy atom. The number of aliphatic hydroxyl groups is 1. The third-order valence-corrected chi connectivity index (χ3v) is 12.2. The van der Waals surface area contributed by atoms with Gasteiger partial charge in [0, 0.05) is 38.3 Å². The summed E-state index contributed by atoms with van der Waals surface area (Å²) in [6.45, 7) is 8.61. The van der Waals surface area contributed by atoms with Crippen LogP contribution in [-0.4, -0.2) is 101 Å². The molecule has 0 bridgehead atoms. The van der Waals surface area contributed by atoms with Gasteiger partial charge in [-0.1, -0.05) is 12.1 Å². The number of methoxy groups -OCH3 is 1. The molecule has 4 rings (SSSR count). The van der Waals surface area contributed by atoms with Gasteiger partial charge in [-0.05, 0) is 89.4 Å². The second-order valence-electron chi connectivity index (χ2n) is 12.7. The van der Waals surface area contributed by atoms with E-state index in [1.54, 1.807) is 26.8 Å². The summed E-state index contributed by atoms with van der Waals surface area (Å²) < 4.78 is 80.2. The second kappa shape index (κ2) is 16.5. The number of aromatic nitrogens is 1. The number of carbonyl (C=O) groups is 1. The molecule has 0 fully saturated rings. The third-order valence-electron chi connectivity index (χ3n) is 8.75. The van der Waals surface area contributed by atoms with Crippen molar-refractivity contribution in [2.75, 3.05) is 45.2 Å². The molecule has 0 spiro atoms. The Balaban J connectivity index is 1.68. The van der Waals surface area contributed by atoms with Crippen LogP contribution in [0.4, 0.5) is 5.69 Å². The van der Waals surface area contributed by atoms with Crippen molar-refractivity contribution >= 4 is 31.6 Å². The van der Waals surface area contributed by atoms with E-state index in [2.05, 4.69) is 9.88 Å². The predicted octanol–water partition coefficient (Wildman–Crippen LogP) is 4.22. The van der Waals surface area contributed by atoms with E-state index in [-0.39, 0.29) is 64.0 Å². The van der Waals surface area contributed by atoms with Crippen molar-refractivity contribution in [3.8, 4) is 11.5 Å². The fourth-order valence-electron chi connectivity index (χ4n) is 5.77. The van der Waals surface area contributed by atoms with Crippen LogP contribution in [0.25, 0.3) is 0 Å². The number of likely N-dealkylation sites (N-methyl/N-ethyl adjacent to an activating group) is 1. The molecule has 3 aromatic rings. The maximum Gasteiger partial charge on any atom is 0.261 e. The molecule has 1 aliphatic rings. The van der Waals surface area contributed by atoms with E-state index in [0.29, 0.717) is 25.2 Å². The molecule has 50 heavy (non-hydrogen) atoms. The number of hydrogen-bond acceptors (Lipinski definition) is 11. The summed E-state index contributed by atoms with van der Waals surface area (Å²) in [6.07, 6.45) is 1.14. The molecule has 2 heterocycles. The minimum absolute atomic E-state index is 0.00302. The number of carbonyl (C=O) groups excluding carboxylic acids is 1. The molecule has 14 nitrogen and oxygen atoms in total. The van der Waals surface area contributed by atoms with Gasteiger partial charge in [-0.3, -0.25) is 9.52 Å². The summed E-state index contributed by atoms with van der Waals surface area (Å²) in [5.74, 6) is 0.0500. The number of fused-ring (bicyclic) bond motifs is 1. The van der Waals surface area contributed by atoms with Gasteiger partial charge in [-0.25, -0.2) is 16.8 Å². The van der Waals surface area contributed by atoms with E-state index in [9.17, 15) is 26.7 Å². The van der Waals surface area contributed by atoms with Crippen molar-refractivity contribution < 1.29 is 45.5 Å². The monoisotopic (exact) mass is 736 g/mol. The third kappa shape index (κ3) is 9.15. The molecule has 1 amide bonds. The van der Waals surface area contributed by atoms with E-state index in [0.717, 1.165) is 6.42 Å². The molecule has 276 valence electrons. The first-order valence-corrected chi connectivity index (χ1v) is 19.4. The summed E-state index contributed by atoms with van der Waals surface area (Å²) in [4.78, 5) is 15.9. The molecule has 0 saturated carbocycles. The number of sulfonamides is 2. The zero-order chi connectivity index (χ0) is 36.8. The van der Waals surface area contributed by atoms with E-state index in [1.807, 2.05) is 13.8 Å². The van der Waals surface area contributed by atoms with Crippen molar-refractivity contribution in [2.24, 2.45) is 5.92 Å². The van der Waals surface area contributed by atoms with Crippen molar-refractivity contribution in [1.29, 1.82) is 0 Å². The number of nitrogens with one attached hydrogen (secondary N) is 1. The smallest absolute Gasteiger partial charge is 0.261 e. The van der Waals surface area contributed by atoms with Gasteiger partial charge in [-0.15, -0.1) is 0 Å². The Hall–Kier alpha value is -3.70. The first-order valence-electron chi connectivity index (χ1n) is 16.5. The molecule has 0 saturated heterocycles. The van der Waals surface area contributed by atoms with Crippen LogP contribution in [0.5, 0.6) is 11.5 Å². The molecule has 2 N–H and O–H groups in total. The Morgan fingerprint density at radius 1 is 1.10 bits per heavy atom. The Labute approximate surface area is 294 Å². The fourth-order valence-corrected chi connectivity index (χ4v) is 8.28. The highest BCUT2D eigenvalue weighted by atomic mass is 32.2. The standard InChI is InChI=1S/C34H48N4O10S2/c1-22-19-38(23(2)21-39)34(40)30-18-27(36-49(41,42)29-14-12-28(45-7)13-15-29)11-16-31(30)47-24(3)10-8-9-17-46-32(22)20-37(6)50(43,44)33-25(4)35-48-26(33)5/h11-16,18,22-24,32,36,39H,8-10,17,19-21H2,1-7H3/t22-,23+,24+,32+/m0/s1. The average molecular weight is 737 g/mol. The largest absolute Gasteiger partial charge is 0.497 e. The molecular weight excluding hydrogens is 689 g/mol. The quantitative estimate of drug-likeness (QED) is 0.305. The van der Waals surface area contributed by atoms with Crippen molar-refractivity contribution in [3.63, 3.8) is 0 Å². The van der Waals surface area contributed by atoms with Crippen LogP contribution in [-0.2, 0) is 24.8 Å². The number of anilines is 1. The van der Waals surface area contributed by atoms with Crippen LogP contribution in [0, 0.1) is 19.8 Å². The number of hydrogen-bond donors (Lipinski definition) is 2. The van der Waals surface area contributed by atoms with E-state index >= 15 is 0 Å². The normalized spacial score (nSPS) is 20.5. The summed E-state index contributed by atoms with van der Waals surface area (Å²) in [7, 11) is -5.06. The SMILES string of the molecule is COc1ccc(S(=O)(=O)Nc2ccc3c(c2)C(=O)N([C@H](C)CO)C[C@H](C)[C@@H](CN(C)S(=O)(=O)c2c(C)noc2C)OCCCC[C@@H](C)O3)cc1. The predicted molar refractivity (Wildman–Crippen MR) is 186 cm³/mol. The van der Waals surface area contributed by atoms with Crippen LogP contribution in [0.1, 0.15) is 61.8 Å². The minimum Gasteiger partial charge on any atom is -0.497 e. The van der Waals surface area contributed by atoms with Gasteiger partial charge < -0.3 is 28.7 Å². The Bertz CT molecular complexity index is 1810. The second-order valence-corrected chi connectivity index (χ2v) is 16.4. The summed E-state index contributed by atoms with van der Waals surface area (Å²) in [5, 5.41) is 14.0. The number of aliphatic hydroxyl groups excluding tert-OH is 1. The Kier molecular flexibility index (Phi) is 12.9. The summed E-state index contributed by atoms with van der Waals surface area (Å²) >= 11 is 0. The highest BCUT2D eigenvalue weighted by molar-refractivity contribution is 7.92. The number of ether oxygens (including phenoxy) is 3.